The second kappa shape index (κ2) is 8.18. The lowest BCUT2D eigenvalue weighted by atomic mass is 10.1. The molecular formula is C22H23N5O3S2. The highest BCUT2D eigenvalue weighted by atomic mass is 32.2. The molecule has 3 aromatic heterocycles. The Bertz CT molecular complexity index is 1390. The summed E-state index contributed by atoms with van der Waals surface area (Å²) in [5, 5.41) is 4.22. The molecule has 1 saturated heterocycles. The molecular weight excluding hydrogens is 446 g/mol. The Hall–Kier alpha value is -2.98. The summed E-state index contributed by atoms with van der Waals surface area (Å²) in [4.78, 5) is 21.4. The first-order chi connectivity index (χ1) is 15.4. The van der Waals surface area contributed by atoms with Crippen molar-refractivity contribution in [3.63, 3.8) is 0 Å². The SMILES string of the molecule is C[C@H]1CN(c2ccn3nccc3c2)CCN1C(=O)CCS(=O)(=O)c1cccc2ncsc12. The number of benzene rings is 1. The van der Waals surface area contributed by atoms with Crippen molar-refractivity contribution in [2.75, 3.05) is 30.3 Å². The zero-order valence-electron chi connectivity index (χ0n) is 17.6. The molecule has 0 saturated carbocycles. The molecule has 4 aromatic rings. The van der Waals surface area contributed by atoms with E-state index in [1.54, 1.807) is 34.8 Å². The number of fused-ring (bicyclic) bond motifs is 2. The van der Waals surface area contributed by atoms with Crippen LogP contribution in [0.3, 0.4) is 0 Å². The normalized spacial score (nSPS) is 17.3. The van der Waals surface area contributed by atoms with E-state index in [9.17, 15) is 13.2 Å². The molecule has 166 valence electrons. The number of aromatic nitrogens is 3. The molecule has 0 aliphatic carbocycles. The maximum absolute atomic E-state index is 12.9. The average Bonchev–Trinajstić information content (AvgIpc) is 3.45. The van der Waals surface area contributed by atoms with Gasteiger partial charge in [0, 0.05) is 50.2 Å². The minimum Gasteiger partial charge on any atom is -0.368 e. The van der Waals surface area contributed by atoms with E-state index >= 15 is 0 Å². The minimum absolute atomic E-state index is 0.00924. The van der Waals surface area contributed by atoms with E-state index < -0.39 is 9.84 Å². The van der Waals surface area contributed by atoms with E-state index in [2.05, 4.69) is 21.0 Å². The van der Waals surface area contributed by atoms with Crippen LogP contribution in [0.5, 0.6) is 0 Å². The van der Waals surface area contributed by atoms with Crippen LogP contribution in [0.25, 0.3) is 15.7 Å². The van der Waals surface area contributed by atoms with Gasteiger partial charge in [-0.2, -0.15) is 5.10 Å². The molecule has 0 bridgehead atoms. The summed E-state index contributed by atoms with van der Waals surface area (Å²) in [7, 11) is -3.57. The predicted molar refractivity (Wildman–Crippen MR) is 125 cm³/mol. The second-order valence-corrected chi connectivity index (χ2v) is 10.9. The molecule has 1 aliphatic heterocycles. The van der Waals surface area contributed by atoms with Crippen LogP contribution in [0, 0.1) is 0 Å². The molecule has 1 aromatic carbocycles. The fourth-order valence-corrected chi connectivity index (χ4v) is 6.81. The van der Waals surface area contributed by atoms with Gasteiger partial charge in [-0.25, -0.2) is 17.9 Å². The maximum Gasteiger partial charge on any atom is 0.223 e. The summed E-state index contributed by atoms with van der Waals surface area (Å²) in [6, 6.07) is 11.1. The fraction of sp³-hybridized carbons (Fsp3) is 0.318. The van der Waals surface area contributed by atoms with Crippen molar-refractivity contribution in [2.45, 2.75) is 24.3 Å². The minimum atomic E-state index is -3.57. The zero-order chi connectivity index (χ0) is 22.3. The quantitative estimate of drug-likeness (QED) is 0.447. The van der Waals surface area contributed by atoms with Crippen molar-refractivity contribution < 1.29 is 13.2 Å². The first kappa shape index (κ1) is 20.9. The van der Waals surface area contributed by atoms with Crippen LogP contribution in [0.1, 0.15) is 13.3 Å². The van der Waals surface area contributed by atoms with Gasteiger partial charge in [0.2, 0.25) is 5.91 Å². The molecule has 1 fully saturated rings. The van der Waals surface area contributed by atoms with Crippen molar-refractivity contribution in [3.05, 3.63) is 54.3 Å². The van der Waals surface area contributed by atoms with Gasteiger partial charge in [0.15, 0.2) is 9.84 Å². The van der Waals surface area contributed by atoms with Crippen LogP contribution >= 0.6 is 11.3 Å². The third-order valence-electron chi connectivity index (χ3n) is 5.94. The molecule has 1 atom stereocenters. The molecule has 5 rings (SSSR count). The first-order valence-corrected chi connectivity index (χ1v) is 13.0. The van der Waals surface area contributed by atoms with Gasteiger partial charge in [0.1, 0.15) is 0 Å². The van der Waals surface area contributed by atoms with Gasteiger partial charge in [-0.3, -0.25) is 4.79 Å². The van der Waals surface area contributed by atoms with Crippen molar-refractivity contribution >= 4 is 48.5 Å². The van der Waals surface area contributed by atoms with E-state index in [0.717, 1.165) is 11.2 Å². The fourth-order valence-electron chi connectivity index (χ4n) is 4.25. The van der Waals surface area contributed by atoms with Crippen molar-refractivity contribution in [3.8, 4) is 0 Å². The Labute approximate surface area is 190 Å². The molecule has 0 spiro atoms. The highest BCUT2D eigenvalue weighted by Crippen LogP contribution is 2.27. The molecule has 4 heterocycles. The monoisotopic (exact) mass is 469 g/mol. The summed E-state index contributed by atoms with van der Waals surface area (Å²) in [6.07, 6.45) is 3.67. The molecule has 8 nitrogen and oxygen atoms in total. The van der Waals surface area contributed by atoms with E-state index in [0.29, 0.717) is 29.9 Å². The number of amides is 1. The van der Waals surface area contributed by atoms with Crippen LogP contribution < -0.4 is 4.90 Å². The third-order valence-corrected chi connectivity index (χ3v) is 8.69. The van der Waals surface area contributed by atoms with Gasteiger partial charge in [-0.15, -0.1) is 11.3 Å². The van der Waals surface area contributed by atoms with E-state index in [1.165, 1.54) is 11.3 Å². The van der Waals surface area contributed by atoms with Gasteiger partial charge in [0.25, 0.3) is 0 Å². The summed E-state index contributed by atoms with van der Waals surface area (Å²) in [5.41, 5.74) is 4.43. The number of anilines is 1. The number of carbonyl (C=O) groups is 1. The molecule has 0 radical (unpaired) electrons. The second-order valence-electron chi connectivity index (χ2n) is 7.99. The zero-order valence-corrected chi connectivity index (χ0v) is 19.2. The largest absolute Gasteiger partial charge is 0.368 e. The Kier molecular flexibility index (Phi) is 5.34. The van der Waals surface area contributed by atoms with Gasteiger partial charge in [-0.05, 0) is 37.3 Å². The maximum atomic E-state index is 12.9. The van der Waals surface area contributed by atoms with Crippen LogP contribution in [0.2, 0.25) is 0 Å². The van der Waals surface area contributed by atoms with Gasteiger partial charge >= 0.3 is 0 Å². The van der Waals surface area contributed by atoms with Crippen LogP contribution in [0.15, 0.2) is 59.2 Å². The molecule has 1 amide bonds. The van der Waals surface area contributed by atoms with Gasteiger partial charge in [-0.1, -0.05) is 6.07 Å². The van der Waals surface area contributed by atoms with Gasteiger partial charge in [0.05, 0.1) is 31.9 Å². The number of hydrogen-bond donors (Lipinski definition) is 0. The Morgan fingerprint density at radius 2 is 2.09 bits per heavy atom. The lowest BCUT2D eigenvalue weighted by molar-refractivity contribution is -0.133. The van der Waals surface area contributed by atoms with E-state index in [4.69, 9.17) is 0 Å². The highest BCUT2D eigenvalue weighted by molar-refractivity contribution is 7.91. The molecule has 10 heteroatoms. The van der Waals surface area contributed by atoms with Crippen LogP contribution in [0.4, 0.5) is 5.69 Å². The van der Waals surface area contributed by atoms with E-state index in [-0.39, 0.29) is 29.0 Å². The molecule has 32 heavy (non-hydrogen) atoms. The predicted octanol–water partition coefficient (Wildman–Crippen LogP) is 2.85. The smallest absolute Gasteiger partial charge is 0.223 e. The summed E-state index contributed by atoms with van der Waals surface area (Å²) < 4.78 is 28.3. The van der Waals surface area contributed by atoms with Crippen LogP contribution in [-0.4, -0.2) is 65.3 Å². The number of pyridine rings is 1. The number of nitrogens with zero attached hydrogens (tertiary/aromatic N) is 5. The number of carbonyl (C=O) groups excluding carboxylic acids is 1. The Morgan fingerprint density at radius 1 is 1.22 bits per heavy atom. The Balaban J connectivity index is 1.24. The lowest BCUT2D eigenvalue weighted by Crippen LogP contribution is -2.54. The number of rotatable bonds is 5. The lowest BCUT2D eigenvalue weighted by Gasteiger charge is -2.41. The first-order valence-electron chi connectivity index (χ1n) is 10.5. The van der Waals surface area contributed by atoms with Crippen molar-refractivity contribution in [1.82, 2.24) is 19.5 Å². The number of piperazine rings is 1. The molecule has 0 N–H and O–H groups in total. The summed E-state index contributed by atoms with van der Waals surface area (Å²) >= 11 is 1.31. The average molecular weight is 470 g/mol. The highest BCUT2D eigenvalue weighted by Gasteiger charge is 2.29. The van der Waals surface area contributed by atoms with Gasteiger partial charge < -0.3 is 9.80 Å². The van der Waals surface area contributed by atoms with Crippen molar-refractivity contribution in [1.29, 1.82) is 0 Å². The number of hydrogen-bond acceptors (Lipinski definition) is 7. The standard InChI is InChI=1S/C22H23N5O3S2/c1-16-14-25(17-6-9-27-18(13-17)5-8-24-27)10-11-26(16)21(28)7-12-32(29,30)20-4-2-3-19-22(20)31-15-23-19/h2-6,8-9,13,15-16H,7,10-12,14H2,1H3/t16-/m0/s1. The van der Waals surface area contributed by atoms with E-state index in [1.807, 2.05) is 29.8 Å². The van der Waals surface area contributed by atoms with Crippen LogP contribution in [-0.2, 0) is 14.6 Å². The molecule has 0 unspecified atom stereocenters. The third kappa shape index (κ3) is 3.84. The van der Waals surface area contributed by atoms with Crippen molar-refractivity contribution in [2.24, 2.45) is 0 Å². The summed E-state index contributed by atoms with van der Waals surface area (Å²) in [5.74, 6) is -0.323. The number of thiazole rings is 1. The Morgan fingerprint density at radius 3 is 2.94 bits per heavy atom. The molecule has 1 aliphatic rings. The number of sulfone groups is 1. The summed E-state index contributed by atoms with van der Waals surface area (Å²) in [6.45, 7) is 3.97. The topological polar surface area (TPSA) is 87.9 Å².